The normalized spacial score (nSPS) is 13.0. The van der Waals surface area contributed by atoms with Crippen LogP contribution in [0.1, 0.15) is 40.5 Å². The van der Waals surface area contributed by atoms with Crippen molar-refractivity contribution in [1.29, 1.82) is 0 Å². The van der Waals surface area contributed by atoms with Gasteiger partial charge in [-0.3, -0.25) is 0 Å². The van der Waals surface area contributed by atoms with E-state index in [4.69, 9.17) is 9.16 Å². The van der Waals surface area contributed by atoms with E-state index in [1.54, 1.807) is 6.08 Å². The van der Waals surface area contributed by atoms with Gasteiger partial charge in [0.1, 0.15) is 0 Å². The van der Waals surface area contributed by atoms with E-state index in [-0.39, 0.29) is 11.0 Å². The number of rotatable bonds is 7. The van der Waals surface area contributed by atoms with Crippen LogP contribution in [0.2, 0.25) is 18.1 Å². The molecule has 18 heavy (non-hydrogen) atoms. The molecule has 0 saturated heterocycles. The largest absolute Gasteiger partial charge is 0.463 e. The Hall–Kier alpha value is -0.613. The number of ether oxygens (including phenoxy) is 1. The summed E-state index contributed by atoms with van der Waals surface area (Å²) in [6, 6.07) is 0. The molecule has 0 unspecified atom stereocenters. The van der Waals surface area contributed by atoms with Crippen LogP contribution in [0.25, 0.3) is 0 Å². The summed E-state index contributed by atoms with van der Waals surface area (Å²) in [5, 5.41) is 0.197. The molecule has 0 aromatic rings. The predicted molar refractivity (Wildman–Crippen MR) is 78.2 cm³/mol. The number of esters is 1. The Morgan fingerprint density at radius 3 is 2.39 bits per heavy atom. The third-order valence-corrected chi connectivity index (χ3v) is 7.84. The van der Waals surface area contributed by atoms with Crippen LogP contribution in [0.5, 0.6) is 0 Å². The Labute approximate surface area is 113 Å². The van der Waals surface area contributed by atoms with E-state index in [0.717, 1.165) is 12.8 Å². The third kappa shape index (κ3) is 6.96. The van der Waals surface area contributed by atoms with E-state index in [0.29, 0.717) is 13.2 Å². The first-order valence-corrected chi connectivity index (χ1v) is 9.59. The van der Waals surface area contributed by atoms with Gasteiger partial charge in [0.2, 0.25) is 0 Å². The Bertz CT molecular complexity index is 277. The average Bonchev–Trinajstić information content (AvgIpc) is 2.23. The first-order chi connectivity index (χ1) is 8.20. The SMILES string of the molecule is CCCCOC(=O)/C=C/CO[Si](C)(C)C(C)(C)C. The summed E-state index contributed by atoms with van der Waals surface area (Å²) in [5.74, 6) is -0.276. The minimum Gasteiger partial charge on any atom is -0.463 e. The molecule has 0 N–H and O–H groups in total. The van der Waals surface area contributed by atoms with Gasteiger partial charge in [-0.05, 0) is 24.6 Å². The van der Waals surface area contributed by atoms with Gasteiger partial charge in [-0.2, -0.15) is 0 Å². The molecule has 0 rings (SSSR count). The monoisotopic (exact) mass is 272 g/mol. The standard InChI is InChI=1S/C14H28O3Si/c1-7-8-11-16-13(15)10-9-12-17-18(5,6)14(2,3)4/h9-10H,7-8,11-12H2,1-6H3/b10-9+. The number of carbonyl (C=O) groups is 1. The quantitative estimate of drug-likeness (QED) is 0.305. The average molecular weight is 272 g/mol. The fourth-order valence-corrected chi connectivity index (χ4v) is 1.93. The Balaban J connectivity index is 3.93. The van der Waals surface area contributed by atoms with Crippen molar-refractivity contribution in [3.05, 3.63) is 12.2 Å². The second-order valence-corrected chi connectivity index (χ2v) is 10.8. The van der Waals surface area contributed by atoms with Crippen molar-refractivity contribution in [2.45, 2.75) is 58.7 Å². The number of hydrogen-bond donors (Lipinski definition) is 0. The van der Waals surface area contributed by atoms with Gasteiger partial charge >= 0.3 is 5.97 Å². The lowest BCUT2D eigenvalue weighted by Gasteiger charge is -2.35. The van der Waals surface area contributed by atoms with Gasteiger partial charge in [0.25, 0.3) is 0 Å². The van der Waals surface area contributed by atoms with Crippen molar-refractivity contribution in [2.75, 3.05) is 13.2 Å². The molecule has 0 aliphatic rings. The molecule has 0 spiro atoms. The minimum atomic E-state index is -1.71. The molecule has 0 radical (unpaired) electrons. The lowest BCUT2D eigenvalue weighted by atomic mass is 10.2. The molecule has 0 bridgehead atoms. The predicted octanol–water partition coefficient (Wildman–Crippen LogP) is 3.91. The first-order valence-electron chi connectivity index (χ1n) is 6.68. The minimum absolute atomic E-state index is 0.197. The lowest BCUT2D eigenvalue weighted by Crippen LogP contribution is -2.40. The Kier molecular flexibility index (Phi) is 7.48. The van der Waals surface area contributed by atoms with Crippen LogP contribution in [-0.2, 0) is 14.0 Å². The maximum absolute atomic E-state index is 11.3. The van der Waals surface area contributed by atoms with Gasteiger partial charge in [-0.25, -0.2) is 4.79 Å². The number of unbranched alkanes of at least 4 members (excludes halogenated alkanes) is 1. The van der Waals surface area contributed by atoms with Crippen molar-refractivity contribution in [2.24, 2.45) is 0 Å². The molecule has 0 amide bonds. The smallest absolute Gasteiger partial charge is 0.330 e. The van der Waals surface area contributed by atoms with Crippen LogP contribution < -0.4 is 0 Å². The van der Waals surface area contributed by atoms with Gasteiger partial charge in [0, 0.05) is 6.08 Å². The fraction of sp³-hybridized carbons (Fsp3) is 0.786. The highest BCUT2D eigenvalue weighted by atomic mass is 28.4. The fourth-order valence-electron chi connectivity index (χ4n) is 0.983. The maximum atomic E-state index is 11.3. The molecule has 106 valence electrons. The van der Waals surface area contributed by atoms with Gasteiger partial charge < -0.3 is 9.16 Å². The highest BCUT2D eigenvalue weighted by molar-refractivity contribution is 6.74. The second kappa shape index (κ2) is 7.74. The number of carbonyl (C=O) groups excluding carboxylic acids is 1. The summed E-state index contributed by atoms with van der Waals surface area (Å²) in [5.41, 5.74) is 0. The van der Waals surface area contributed by atoms with E-state index in [1.165, 1.54) is 6.08 Å². The van der Waals surface area contributed by atoms with Crippen molar-refractivity contribution in [1.82, 2.24) is 0 Å². The van der Waals surface area contributed by atoms with Crippen molar-refractivity contribution in [3.8, 4) is 0 Å². The summed E-state index contributed by atoms with van der Waals surface area (Å²) in [4.78, 5) is 11.3. The molecule has 0 saturated carbocycles. The van der Waals surface area contributed by atoms with Crippen LogP contribution >= 0.6 is 0 Å². The molecule has 0 atom stereocenters. The zero-order valence-corrected chi connectivity index (χ0v) is 13.7. The molecule has 0 heterocycles. The van der Waals surface area contributed by atoms with Crippen LogP contribution in [0.4, 0.5) is 0 Å². The molecule has 0 aliphatic heterocycles. The van der Waals surface area contributed by atoms with E-state index in [2.05, 4.69) is 40.8 Å². The van der Waals surface area contributed by atoms with Crippen LogP contribution in [0.15, 0.2) is 12.2 Å². The summed E-state index contributed by atoms with van der Waals surface area (Å²) >= 11 is 0. The molecule has 3 nitrogen and oxygen atoms in total. The van der Waals surface area contributed by atoms with Crippen LogP contribution in [-0.4, -0.2) is 27.5 Å². The summed E-state index contributed by atoms with van der Waals surface area (Å²) < 4.78 is 10.9. The molecule has 0 aromatic carbocycles. The van der Waals surface area contributed by atoms with E-state index < -0.39 is 8.32 Å². The lowest BCUT2D eigenvalue weighted by molar-refractivity contribution is -0.137. The van der Waals surface area contributed by atoms with E-state index >= 15 is 0 Å². The molecule has 4 heteroatoms. The topological polar surface area (TPSA) is 35.5 Å². The zero-order valence-electron chi connectivity index (χ0n) is 12.7. The third-order valence-electron chi connectivity index (χ3n) is 3.34. The van der Waals surface area contributed by atoms with Crippen molar-refractivity contribution >= 4 is 14.3 Å². The Morgan fingerprint density at radius 1 is 1.28 bits per heavy atom. The van der Waals surface area contributed by atoms with Crippen molar-refractivity contribution in [3.63, 3.8) is 0 Å². The molecule has 0 aliphatic carbocycles. The zero-order chi connectivity index (χ0) is 14.2. The van der Waals surface area contributed by atoms with Gasteiger partial charge in [-0.1, -0.05) is 40.2 Å². The van der Waals surface area contributed by atoms with Gasteiger partial charge in [0.15, 0.2) is 8.32 Å². The molecule has 0 fully saturated rings. The number of hydrogen-bond acceptors (Lipinski definition) is 3. The summed E-state index contributed by atoms with van der Waals surface area (Å²) in [7, 11) is -1.71. The highest BCUT2D eigenvalue weighted by Crippen LogP contribution is 2.36. The second-order valence-electron chi connectivity index (χ2n) is 5.99. The van der Waals surface area contributed by atoms with Crippen LogP contribution in [0.3, 0.4) is 0 Å². The molecular formula is C14H28O3Si. The summed E-state index contributed by atoms with van der Waals surface area (Å²) in [6.45, 7) is 14.0. The first kappa shape index (κ1) is 17.4. The van der Waals surface area contributed by atoms with Gasteiger partial charge in [0.05, 0.1) is 13.2 Å². The summed E-state index contributed by atoms with van der Waals surface area (Å²) in [6.07, 6.45) is 5.16. The van der Waals surface area contributed by atoms with E-state index in [1.807, 2.05) is 0 Å². The van der Waals surface area contributed by atoms with Gasteiger partial charge in [-0.15, -0.1) is 0 Å². The highest BCUT2D eigenvalue weighted by Gasteiger charge is 2.36. The van der Waals surface area contributed by atoms with Crippen LogP contribution in [0, 0.1) is 0 Å². The molecular weight excluding hydrogens is 244 g/mol. The molecule has 0 aromatic heterocycles. The van der Waals surface area contributed by atoms with E-state index in [9.17, 15) is 4.79 Å². The maximum Gasteiger partial charge on any atom is 0.330 e. The Morgan fingerprint density at radius 2 is 1.89 bits per heavy atom. The van der Waals surface area contributed by atoms with Crippen molar-refractivity contribution < 1.29 is 14.0 Å².